The van der Waals surface area contributed by atoms with Crippen LogP contribution in [0, 0.1) is 18.3 Å². The Morgan fingerprint density at radius 1 is 1.53 bits per heavy atom. The van der Waals surface area contributed by atoms with E-state index >= 15 is 0 Å². The van der Waals surface area contributed by atoms with Crippen molar-refractivity contribution in [3.63, 3.8) is 0 Å². The van der Waals surface area contributed by atoms with Crippen molar-refractivity contribution in [3.05, 3.63) is 0 Å². The van der Waals surface area contributed by atoms with Crippen LogP contribution in [-0.4, -0.2) is 52.6 Å². The molecule has 0 aromatic carbocycles. The number of rotatable bonds is 4. The second kappa shape index (κ2) is 7.03. The highest BCUT2D eigenvalue weighted by Gasteiger charge is 2.36. The number of hydrogen-bond donors (Lipinski definition) is 1. The van der Waals surface area contributed by atoms with E-state index < -0.39 is 12.0 Å². The molecule has 2 atom stereocenters. The number of nitrogens with zero attached hydrogens (tertiary/aromatic N) is 2. The fourth-order valence-corrected chi connectivity index (χ4v) is 2.41. The fourth-order valence-electron chi connectivity index (χ4n) is 2.41. The van der Waals surface area contributed by atoms with Crippen molar-refractivity contribution in [2.24, 2.45) is 5.92 Å². The van der Waals surface area contributed by atoms with Crippen LogP contribution in [0.1, 0.15) is 33.1 Å². The Labute approximate surface area is 114 Å². The van der Waals surface area contributed by atoms with Crippen LogP contribution in [0.2, 0.25) is 0 Å². The van der Waals surface area contributed by atoms with Crippen molar-refractivity contribution in [3.8, 4) is 12.3 Å². The zero-order valence-electron chi connectivity index (χ0n) is 11.6. The summed E-state index contributed by atoms with van der Waals surface area (Å²) < 4.78 is 0. The standard InChI is InChI=1S/C14H22N2O3/c1-4-7-15(8-5-2)14(19)16-9-6-11(3)10-12(16)13(17)18/h1,11-12H,5-10H2,2-3H3,(H,17,18). The summed E-state index contributed by atoms with van der Waals surface area (Å²) in [6.45, 7) is 5.25. The Balaban J connectivity index is 2.82. The number of urea groups is 1. The van der Waals surface area contributed by atoms with E-state index in [9.17, 15) is 14.7 Å². The molecule has 5 heteroatoms. The number of likely N-dealkylation sites (tertiary alicyclic amines) is 1. The Morgan fingerprint density at radius 3 is 2.74 bits per heavy atom. The number of terminal acetylenes is 1. The SMILES string of the molecule is C#CCN(CCC)C(=O)N1CCC(C)CC1C(=O)O. The van der Waals surface area contributed by atoms with Crippen molar-refractivity contribution in [2.45, 2.75) is 39.2 Å². The monoisotopic (exact) mass is 266 g/mol. The van der Waals surface area contributed by atoms with Crippen molar-refractivity contribution in [2.75, 3.05) is 19.6 Å². The van der Waals surface area contributed by atoms with E-state index in [4.69, 9.17) is 6.42 Å². The molecule has 1 N–H and O–H groups in total. The summed E-state index contributed by atoms with van der Waals surface area (Å²) in [5.74, 6) is 1.85. The van der Waals surface area contributed by atoms with E-state index in [1.165, 1.54) is 4.90 Å². The molecule has 1 heterocycles. The van der Waals surface area contributed by atoms with Gasteiger partial charge in [-0.15, -0.1) is 6.42 Å². The first-order valence-corrected chi connectivity index (χ1v) is 6.73. The van der Waals surface area contributed by atoms with Crippen LogP contribution in [0.15, 0.2) is 0 Å². The van der Waals surface area contributed by atoms with E-state index in [1.54, 1.807) is 4.90 Å². The molecule has 5 nitrogen and oxygen atoms in total. The molecule has 1 aliphatic rings. The van der Waals surface area contributed by atoms with Gasteiger partial charge in [0.1, 0.15) is 6.04 Å². The molecule has 0 saturated carbocycles. The minimum atomic E-state index is -0.933. The van der Waals surface area contributed by atoms with Crippen LogP contribution in [0.3, 0.4) is 0 Å². The molecule has 2 amide bonds. The van der Waals surface area contributed by atoms with Gasteiger partial charge < -0.3 is 14.9 Å². The fraction of sp³-hybridized carbons (Fsp3) is 0.714. The normalized spacial score (nSPS) is 22.7. The third-order valence-corrected chi connectivity index (χ3v) is 3.44. The number of carbonyl (C=O) groups is 2. The second-order valence-electron chi connectivity index (χ2n) is 5.09. The predicted molar refractivity (Wildman–Crippen MR) is 72.6 cm³/mol. The Hall–Kier alpha value is -1.70. The number of piperidine rings is 1. The number of amides is 2. The van der Waals surface area contributed by atoms with Gasteiger partial charge in [-0.1, -0.05) is 19.8 Å². The highest BCUT2D eigenvalue weighted by Crippen LogP contribution is 2.23. The maximum atomic E-state index is 12.4. The highest BCUT2D eigenvalue weighted by atomic mass is 16.4. The molecule has 106 valence electrons. The van der Waals surface area contributed by atoms with Gasteiger partial charge in [-0.25, -0.2) is 9.59 Å². The first-order valence-electron chi connectivity index (χ1n) is 6.73. The highest BCUT2D eigenvalue weighted by molar-refractivity contribution is 5.83. The molecule has 1 saturated heterocycles. The molecule has 2 unspecified atom stereocenters. The topological polar surface area (TPSA) is 60.9 Å². The Bertz CT molecular complexity index is 375. The summed E-state index contributed by atoms with van der Waals surface area (Å²) >= 11 is 0. The summed E-state index contributed by atoms with van der Waals surface area (Å²) in [6.07, 6.45) is 7.42. The van der Waals surface area contributed by atoms with Gasteiger partial charge >= 0.3 is 12.0 Å². The molecule has 1 rings (SSSR count). The molecule has 0 aromatic rings. The molecule has 0 bridgehead atoms. The summed E-state index contributed by atoms with van der Waals surface area (Å²) in [6, 6.07) is -0.979. The predicted octanol–water partition coefficient (Wildman–Crippen LogP) is 1.64. The van der Waals surface area contributed by atoms with Gasteiger partial charge in [-0.3, -0.25) is 0 Å². The zero-order valence-corrected chi connectivity index (χ0v) is 11.6. The molecule has 0 aromatic heterocycles. The third-order valence-electron chi connectivity index (χ3n) is 3.44. The van der Waals surface area contributed by atoms with Gasteiger partial charge in [-0.05, 0) is 25.2 Å². The first-order chi connectivity index (χ1) is 9.01. The lowest BCUT2D eigenvalue weighted by Crippen LogP contribution is -2.54. The lowest BCUT2D eigenvalue weighted by Gasteiger charge is -2.38. The molecular weight excluding hydrogens is 244 g/mol. The Kier molecular flexibility index (Phi) is 5.68. The van der Waals surface area contributed by atoms with E-state index in [-0.39, 0.29) is 12.6 Å². The van der Waals surface area contributed by atoms with Gasteiger partial charge in [0.25, 0.3) is 0 Å². The molecule has 1 aliphatic heterocycles. The van der Waals surface area contributed by atoms with Gasteiger partial charge in [0.05, 0.1) is 6.54 Å². The summed E-state index contributed by atoms with van der Waals surface area (Å²) in [4.78, 5) is 26.7. The molecule has 19 heavy (non-hydrogen) atoms. The minimum Gasteiger partial charge on any atom is -0.480 e. The van der Waals surface area contributed by atoms with Crippen molar-refractivity contribution < 1.29 is 14.7 Å². The third kappa shape index (κ3) is 3.88. The lowest BCUT2D eigenvalue weighted by atomic mass is 9.92. The van der Waals surface area contributed by atoms with E-state index in [1.807, 2.05) is 13.8 Å². The number of carboxylic acid groups (broad SMARTS) is 1. The van der Waals surface area contributed by atoms with Crippen molar-refractivity contribution >= 4 is 12.0 Å². The number of aliphatic carboxylic acids is 1. The molecule has 0 spiro atoms. The van der Waals surface area contributed by atoms with Crippen molar-refractivity contribution in [1.29, 1.82) is 0 Å². The number of carboxylic acids is 1. The maximum Gasteiger partial charge on any atom is 0.326 e. The summed E-state index contributed by atoms with van der Waals surface area (Å²) in [5.41, 5.74) is 0. The molecule has 0 radical (unpaired) electrons. The largest absolute Gasteiger partial charge is 0.480 e. The maximum absolute atomic E-state index is 12.4. The molecule has 1 fully saturated rings. The average Bonchev–Trinajstić information content (AvgIpc) is 2.37. The van der Waals surface area contributed by atoms with Crippen LogP contribution >= 0.6 is 0 Å². The number of hydrogen-bond acceptors (Lipinski definition) is 2. The average molecular weight is 266 g/mol. The number of carbonyl (C=O) groups excluding carboxylic acids is 1. The van der Waals surface area contributed by atoms with Crippen LogP contribution in [0.5, 0.6) is 0 Å². The summed E-state index contributed by atoms with van der Waals surface area (Å²) in [5, 5.41) is 9.26. The van der Waals surface area contributed by atoms with Gasteiger partial charge in [-0.2, -0.15) is 0 Å². The zero-order chi connectivity index (χ0) is 14.4. The Morgan fingerprint density at radius 2 is 2.21 bits per heavy atom. The summed E-state index contributed by atoms with van der Waals surface area (Å²) in [7, 11) is 0. The lowest BCUT2D eigenvalue weighted by molar-refractivity contribution is -0.144. The quantitative estimate of drug-likeness (QED) is 0.787. The van der Waals surface area contributed by atoms with E-state index in [0.29, 0.717) is 25.4 Å². The first kappa shape index (κ1) is 15.4. The molecular formula is C14H22N2O3. The van der Waals surface area contributed by atoms with Gasteiger partial charge in [0, 0.05) is 13.1 Å². The minimum absolute atomic E-state index is 0.227. The van der Waals surface area contributed by atoms with Crippen LogP contribution in [-0.2, 0) is 4.79 Å². The van der Waals surface area contributed by atoms with Crippen LogP contribution in [0.4, 0.5) is 4.79 Å². The second-order valence-corrected chi connectivity index (χ2v) is 5.09. The van der Waals surface area contributed by atoms with Crippen LogP contribution in [0.25, 0.3) is 0 Å². The smallest absolute Gasteiger partial charge is 0.326 e. The van der Waals surface area contributed by atoms with E-state index in [2.05, 4.69) is 5.92 Å². The van der Waals surface area contributed by atoms with E-state index in [0.717, 1.165) is 12.8 Å². The van der Waals surface area contributed by atoms with Gasteiger partial charge in [0.2, 0.25) is 0 Å². The molecule has 0 aliphatic carbocycles. The van der Waals surface area contributed by atoms with Crippen LogP contribution < -0.4 is 0 Å². The van der Waals surface area contributed by atoms with Crippen molar-refractivity contribution in [1.82, 2.24) is 9.80 Å². The van der Waals surface area contributed by atoms with Gasteiger partial charge in [0.15, 0.2) is 0 Å².